The second-order valence-electron chi connectivity index (χ2n) is 7.70. The Kier molecular flexibility index (Phi) is 4.58. The quantitative estimate of drug-likeness (QED) is 0.872. The monoisotopic (exact) mass is 341 g/mol. The molecule has 25 heavy (non-hydrogen) atoms. The van der Waals surface area contributed by atoms with Crippen LogP contribution in [0.3, 0.4) is 0 Å². The fourth-order valence-electron chi connectivity index (χ4n) is 2.91. The van der Waals surface area contributed by atoms with Gasteiger partial charge in [-0.2, -0.15) is 5.10 Å². The minimum absolute atomic E-state index is 0.142. The van der Waals surface area contributed by atoms with Crippen LogP contribution in [-0.2, 0) is 5.54 Å². The highest BCUT2D eigenvalue weighted by Gasteiger charge is 2.32. The number of rotatable bonds is 5. The number of anilines is 1. The molecule has 0 spiro atoms. The molecule has 0 unspecified atom stereocenters. The molecular weight excluding hydrogens is 314 g/mol. The zero-order chi connectivity index (χ0) is 18.2. The normalized spacial score (nSPS) is 14.4. The van der Waals surface area contributed by atoms with Crippen LogP contribution >= 0.6 is 0 Å². The van der Waals surface area contributed by atoms with E-state index in [0.717, 1.165) is 11.3 Å². The molecular formula is C20H27N3O2. The van der Waals surface area contributed by atoms with Crippen molar-refractivity contribution in [2.45, 2.75) is 58.9 Å². The van der Waals surface area contributed by atoms with Crippen LogP contribution in [0.1, 0.15) is 68.2 Å². The molecule has 134 valence electrons. The van der Waals surface area contributed by atoms with Gasteiger partial charge in [-0.3, -0.25) is 9.48 Å². The van der Waals surface area contributed by atoms with Crippen molar-refractivity contribution in [1.82, 2.24) is 9.78 Å². The fraction of sp³-hybridized carbons (Fsp3) is 0.500. The van der Waals surface area contributed by atoms with Crippen molar-refractivity contribution >= 4 is 11.6 Å². The van der Waals surface area contributed by atoms with E-state index in [1.165, 1.54) is 12.8 Å². The third kappa shape index (κ3) is 3.86. The summed E-state index contributed by atoms with van der Waals surface area (Å²) >= 11 is 0. The zero-order valence-electron chi connectivity index (χ0n) is 15.7. The summed E-state index contributed by atoms with van der Waals surface area (Å²) in [6.45, 7) is 10.8. The third-order valence-corrected chi connectivity index (χ3v) is 4.29. The van der Waals surface area contributed by atoms with Crippen molar-refractivity contribution in [3.63, 3.8) is 0 Å². The van der Waals surface area contributed by atoms with Crippen molar-refractivity contribution in [3.05, 3.63) is 41.2 Å². The molecule has 5 nitrogen and oxygen atoms in total. The Labute approximate surface area is 149 Å². The number of amides is 1. The molecule has 1 amide bonds. The highest BCUT2D eigenvalue weighted by molar-refractivity contribution is 6.03. The summed E-state index contributed by atoms with van der Waals surface area (Å²) in [4.78, 5) is 12.7. The van der Waals surface area contributed by atoms with Crippen LogP contribution in [0.25, 0.3) is 0 Å². The van der Waals surface area contributed by atoms with Gasteiger partial charge in [0, 0.05) is 11.6 Å². The van der Waals surface area contributed by atoms with Crippen LogP contribution in [0.5, 0.6) is 5.75 Å². The number of benzene rings is 1. The van der Waals surface area contributed by atoms with Crippen molar-refractivity contribution in [1.29, 1.82) is 0 Å². The molecule has 0 atom stereocenters. The Morgan fingerprint density at radius 3 is 2.64 bits per heavy atom. The molecule has 1 aliphatic carbocycles. The molecule has 2 aromatic rings. The fourth-order valence-corrected chi connectivity index (χ4v) is 2.91. The number of aromatic nitrogens is 2. The van der Waals surface area contributed by atoms with Gasteiger partial charge in [0.25, 0.3) is 5.91 Å². The number of aryl methyl sites for hydroxylation is 1. The maximum atomic E-state index is 12.7. The zero-order valence-corrected chi connectivity index (χ0v) is 15.7. The van der Waals surface area contributed by atoms with Crippen molar-refractivity contribution in [2.24, 2.45) is 0 Å². The number of carbonyl (C=O) groups is 1. The molecule has 0 radical (unpaired) electrons. The van der Waals surface area contributed by atoms with Gasteiger partial charge in [-0.25, -0.2) is 0 Å². The predicted octanol–water partition coefficient (Wildman–Crippen LogP) is 4.47. The topological polar surface area (TPSA) is 56.1 Å². The van der Waals surface area contributed by atoms with Crippen molar-refractivity contribution in [3.8, 4) is 5.75 Å². The molecule has 1 heterocycles. The first-order chi connectivity index (χ1) is 11.8. The van der Waals surface area contributed by atoms with Crippen LogP contribution in [0.4, 0.5) is 5.69 Å². The van der Waals surface area contributed by atoms with E-state index < -0.39 is 0 Å². The minimum Gasteiger partial charge on any atom is -0.492 e. The Morgan fingerprint density at radius 2 is 2.04 bits per heavy atom. The maximum Gasteiger partial charge on any atom is 0.276 e. The smallest absolute Gasteiger partial charge is 0.276 e. The van der Waals surface area contributed by atoms with E-state index in [-0.39, 0.29) is 11.4 Å². The van der Waals surface area contributed by atoms with Crippen LogP contribution in [-0.4, -0.2) is 22.3 Å². The summed E-state index contributed by atoms with van der Waals surface area (Å²) < 4.78 is 7.64. The van der Waals surface area contributed by atoms with Crippen LogP contribution in [0.2, 0.25) is 0 Å². The largest absolute Gasteiger partial charge is 0.492 e. The van der Waals surface area contributed by atoms with Gasteiger partial charge in [0.2, 0.25) is 0 Å². The summed E-state index contributed by atoms with van der Waals surface area (Å²) in [5.41, 5.74) is 3.24. The molecule has 0 saturated heterocycles. The van der Waals surface area contributed by atoms with E-state index in [2.05, 4.69) is 31.2 Å². The summed E-state index contributed by atoms with van der Waals surface area (Å²) in [6.07, 6.45) is 2.35. The molecule has 5 heteroatoms. The van der Waals surface area contributed by atoms with E-state index in [9.17, 15) is 4.79 Å². The van der Waals surface area contributed by atoms with E-state index in [0.29, 0.717) is 29.7 Å². The molecule has 1 aliphatic rings. The lowest BCUT2D eigenvalue weighted by molar-refractivity contribution is 0.102. The molecule has 0 aliphatic heterocycles. The first kappa shape index (κ1) is 17.5. The average Bonchev–Trinajstić information content (AvgIpc) is 3.27. The SMILES string of the molecule is CCOc1cc(C)ccc1NC(=O)c1cc(C2CC2)n(C(C)(C)C)n1. The van der Waals surface area contributed by atoms with Crippen molar-refractivity contribution in [2.75, 3.05) is 11.9 Å². The summed E-state index contributed by atoms with van der Waals surface area (Å²) in [5, 5.41) is 7.55. The van der Waals surface area contributed by atoms with E-state index >= 15 is 0 Å². The highest BCUT2D eigenvalue weighted by Crippen LogP contribution is 2.41. The van der Waals surface area contributed by atoms with E-state index in [4.69, 9.17) is 4.74 Å². The van der Waals surface area contributed by atoms with Crippen LogP contribution in [0, 0.1) is 6.92 Å². The van der Waals surface area contributed by atoms with Gasteiger partial charge in [0.1, 0.15) is 5.75 Å². The number of hydrogen-bond acceptors (Lipinski definition) is 3. The molecule has 0 bridgehead atoms. The Hall–Kier alpha value is -2.30. The number of nitrogens with zero attached hydrogens (tertiary/aromatic N) is 2. The molecule has 1 N–H and O–H groups in total. The molecule has 1 aromatic heterocycles. The lowest BCUT2D eigenvalue weighted by Crippen LogP contribution is -2.25. The van der Waals surface area contributed by atoms with Crippen LogP contribution < -0.4 is 10.1 Å². The van der Waals surface area contributed by atoms with E-state index in [1.807, 2.05) is 42.8 Å². The van der Waals surface area contributed by atoms with Gasteiger partial charge in [-0.15, -0.1) is 0 Å². The molecule has 1 fully saturated rings. The van der Waals surface area contributed by atoms with Gasteiger partial charge in [-0.05, 0) is 71.2 Å². The van der Waals surface area contributed by atoms with Gasteiger partial charge >= 0.3 is 0 Å². The second kappa shape index (κ2) is 6.54. The summed E-state index contributed by atoms with van der Waals surface area (Å²) in [5.74, 6) is 1.02. The Morgan fingerprint density at radius 1 is 1.32 bits per heavy atom. The third-order valence-electron chi connectivity index (χ3n) is 4.29. The maximum absolute atomic E-state index is 12.7. The Bertz CT molecular complexity index is 783. The lowest BCUT2D eigenvalue weighted by atomic mass is 10.1. The Balaban J connectivity index is 1.87. The molecule has 1 aromatic carbocycles. The molecule has 1 saturated carbocycles. The second-order valence-corrected chi connectivity index (χ2v) is 7.70. The van der Waals surface area contributed by atoms with Gasteiger partial charge in [-0.1, -0.05) is 6.07 Å². The first-order valence-corrected chi connectivity index (χ1v) is 8.95. The predicted molar refractivity (Wildman–Crippen MR) is 99.5 cm³/mol. The van der Waals surface area contributed by atoms with Gasteiger partial charge in [0.05, 0.1) is 17.8 Å². The number of carbonyl (C=O) groups excluding carboxylic acids is 1. The van der Waals surface area contributed by atoms with Gasteiger partial charge < -0.3 is 10.1 Å². The highest BCUT2D eigenvalue weighted by atomic mass is 16.5. The van der Waals surface area contributed by atoms with Crippen molar-refractivity contribution < 1.29 is 9.53 Å². The minimum atomic E-state index is -0.199. The summed E-state index contributed by atoms with van der Waals surface area (Å²) in [6, 6.07) is 7.71. The molecule has 3 rings (SSSR count). The number of nitrogens with one attached hydrogen (secondary N) is 1. The first-order valence-electron chi connectivity index (χ1n) is 8.95. The van der Waals surface area contributed by atoms with Crippen LogP contribution in [0.15, 0.2) is 24.3 Å². The standard InChI is InChI=1S/C20H27N3O2/c1-6-25-18-11-13(2)7-10-15(18)21-19(24)16-12-17(14-8-9-14)23(22-16)20(3,4)5/h7,10-12,14H,6,8-9H2,1-5H3,(H,21,24). The lowest BCUT2D eigenvalue weighted by Gasteiger charge is -2.22. The van der Waals surface area contributed by atoms with Gasteiger partial charge in [0.15, 0.2) is 5.69 Å². The average molecular weight is 341 g/mol. The van der Waals surface area contributed by atoms with E-state index in [1.54, 1.807) is 0 Å². The summed E-state index contributed by atoms with van der Waals surface area (Å²) in [7, 11) is 0. The number of hydrogen-bond donors (Lipinski definition) is 1. The number of ether oxygens (including phenoxy) is 1.